The first-order chi connectivity index (χ1) is 16.0. The third kappa shape index (κ3) is 9.25. The maximum Gasteiger partial charge on any atom is 0.243 e. The molecule has 0 fully saturated rings. The Hall–Kier alpha value is -3.36. The Morgan fingerprint density at radius 3 is 2.44 bits per heavy atom. The molecule has 34 heavy (non-hydrogen) atoms. The van der Waals surface area contributed by atoms with E-state index in [0.717, 1.165) is 11.8 Å². The quantitative estimate of drug-likeness (QED) is 0.143. The number of phenolic OH excluding ortho intramolecular Hbond substituents is 1. The number of aliphatic hydroxyl groups is 1. The van der Waals surface area contributed by atoms with Gasteiger partial charge in [-0.25, -0.2) is 0 Å². The zero-order chi connectivity index (χ0) is 25.8. The maximum atomic E-state index is 12.8. The van der Waals surface area contributed by atoms with Crippen molar-refractivity contribution in [2.45, 2.75) is 30.2 Å². The average Bonchev–Trinajstić information content (AvgIpc) is 2.80. The Morgan fingerprint density at radius 2 is 1.88 bits per heavy atom. The van der Waals surface area contributed by atoms with Gasteiger partial charge in [-0.1, -0.05) is 0 Å². The number of aliphatic hydroxyl groups excluding tert-OH is 1. The summed E-state index contributed by atoms with van der Waals surface area (Å²) >= 11 is 0.826. The minimum absolute atomic E-state index is 0.0413. The van der Waals surface area contributed by atoms with Crippen molar-refractivity contribution in [2.75, 3.05) is 26.0 Å². The van der Waals surface area contributed by atoms with Crippen LogP contribution in [0.3, 0.4) is 0 Å². The van der Waals surface area contributed by atoms with Gasteiger partial charge in [0.1, 0.15) is 12.1 Å². The van der Waals surface area contributed by atoms with E-state index < -0.39 is 60.0 Å². The lowest BCUT2D eigenvalue weighted by Gasteiger charge is -2.21. The van der Waals surface area contributed by atoms with Crippen LogP contribution in [0.1, 0.15) is 23.2 Å². The number of methoxy groups -OCH3 is 1. The van der Waals surface area contributed by atoms with Crippen LogP contribution in [0.4, 0.5) is 0 Å². The molecule has 0 unspecified atom stereocenters. The van der Waals surface area contributed by atoms with Crippen LogP contribution < -0.4 is 31.3 Å². The second-order valence-electron chi connectivity index (χ2n) is 7.02. The molecular weight excluding hydrogens is 474 g/mol. The number of benzene rings is 1. The number of thioether (sulfide) groups is 1. The molecule has 188 valence electrons. The topological polar surface area (TPSA) is 233 Å². The molecule has 0 bridgehead atoms. The van der Waals surface area contributed by atoms with Gasteiger partial charge < -0.3 is 51.1 Å². The van der Waals surface area contributed by atoms with E-state index in [1.807, 2.05) is 0 Å². The smallest absolute Gasteiger partial charge is 0.243 e. The summed E-state index contributed by atoms with van der Waals surface area (Å²) < 4.78 is 4.95. The van der Waals surface area contributed by atoms with Gasteiger partial charge in [0.05, 0.1) is 37.4 Å². The number of phenols is 1. The Morgan fingerprint density at radius 1 is 1.21 bits per heavy atom. The van der Waals surface area contributed by atoms with E-state index in [1.165, 1.54) is 25.3 Å². The van der Waals surface area contributed by atoms with Crippen molar-refractivity contribution in [2.24, 2.45) is 0 Å². The van der Waals surface area contributed by atoms with Crippen LogP contribution in [0.15, 0.2) is 18.2 Å². The summed E-state index contributed by atoms with van der Waals surface area (Å²) in [6.45, 7) is -1.44. The third-order valence-corrected chi connectivity index (χ3v) is 5.79. The number of quaternary nitrogens is 1. The fraction of sp³-hybridized carbons (Fsp3) is 0.450. The standard InChI is InChI=1S/C20H27N3O10S/c1-33-14-6-10(2-4-13(14)25)18(29)15(8-24)34-9-12(19(30)22-7-17(27)28)23-16(26)5-3-11(21)20(31)32/h2,4,6,11-12,15,24-25H,3,5,7-9,21H2,1H3,(H,22,30)(H,23,26)(H,27,28)(H,31,32)/p-1/t11-,12-,15+/m0/s1. The predicted molar refractivity (Wildman–Crippen MR) is 113 cm³/mol. The molecule has 0 aromatic heterocycles. The molecule has 1 rings (SSSR count). The van der Waals surface area contributed by atoms with E-state index in [2.05, 4.69) is 16.4 Å². The number of carbonyl (C=O) groups is 5. The summed E-state index contributed by atoms with van der Waals surface area (Å²) in [5.74, 6) is -5.52. The summed E-state index contributed by atoms with van der Waals surface area (Å²) in [6.07, 6.45) is -0.456. The van der Waals surface area contributed by atoms with Crippen molar-refractivity contribution < 1.29 is 54.9 Å². The third-order valence-electron chi connectivity index (χ3n) is 4.50. The van der Waals surface area contributed by atoms with Gasteiger partial charge >= 0.3 is 0 Å². The van der Waals surface area contributed by atoms with Crippen molar-refractivity contribution in [3.8, 4) is 11.5 Å². The molecular formula is C20H26N3O10S-. The fourth-order valence-electron chi connectivity index (χ4n) is 2.60. The van der Waals surface area contributed by atoms with Gasteiger partial charge in [0, 0.05) is 24.2 Å². The van der Waals surface area contributed by atoms with E-state index in [1.54, 1.807) is 0 Å². The largest absolute Gasteiger partial charge is 0.548 e. The lowest BCUT2D eigenvalue weighted by atomic mass is 10.1. The minimum atomic E-state index is -1.57. The van der Waals surface area contributed by atoms with Gasteiger partial charge in [-0.3, -0.25) is 14.4 Å². The number of hydrogen-bond acceptors (Lipinski definition) is 11. The number of Topliss-reactive ketones (excluding diaryl/α,β-unsaturated/α-hetero) is 1. The number of nitrogens with one attached hydrogen (secondary N) is 2. The highest BCUT2D eigenvalue weighted by Gasteiger charge is 2.27. The van der Waals surface area contributed by atoms with Crippen molar-refractivity contribution in [1.29, 1.82) is 0 Å². The normalized spacial score (nSPS) is 13.3. The van der Waals surface area contributed by atoms with Gasteiger partial charge in [0.2, 0.25) is 11.8 Å². The molecule has 0 spiro atoms. The highest BCUT2D eigenvalue weighted by molar-refractivity contribution is 8.00. The van der Waals surface area contributed by atoms with Crippen LogP contribution in [0.2, 0.25) is 0 Å². The van der Waals surface area contributed by atoms with Crippen LogP contribution in [-0.2, 0) is 19.2 Å². The number of aromatic hydroxyl groups is 1. The molecule has 1 aromatic rings. The number of aliphatic carboxylic acids is 2. The summed E-state index contributed by atoms with van der Waals surface area (Å²) in [5.41, 5.74) is 3.44. The molecule has 0 heterocycles. The molecule has 2 amide bonds. The highest BCUT2D eigenvalue weighted by Crippen LogP contribution is 2.28. The van der Waals surface area contributed by atoms with Crippen LogP contribution >= 0.6 is 11.8 Å². The molecule has 0 aliphatic carbocycles. The number of carboxylic acid groups (broad SMARTS) is 2. The van der Waals surface area contributed by atoms with Crippen molar-refractivity contribution >= 4 is 41.3 Å². The van der Waals surface area contributed by atoms with Crippen molar-refractivity contribution in [1.82, 2.24) is 10.6 Å². The molecule has 0 saturated carbocycles. The number of ether oxygens (including phenoxy) is 1. The van der Waals surface area contributed by atoms with Gasteiger partial charge in [-0.15, -0.1) is 11.8 Å². The summed E-state index contributed by atoms with van der Waals surface area (Å²) in [6, 6.07) is 1.38. The molecule has 1 aromatic carbocycles. The van der Waals surface area contributed by atoms with Gasteiger partial charge in [0.25, 0.3) is 0 Å². The van der Waals surface area contributed by atoms with Gasteiger partial charge in [-0.05, 0) is 18.2 Å². The lowest BCUT2D eigenvalue weighted by molar-refractivity contribution is -0.438. The molecule has 0 aliphatic heterocycles. The van der Waals surface area contributed by atoms with E-state index in [9.17, 15) is 44.4 Å². The zero-order valence-electron chi connectivity index (χ0n) is 18.3. The minimum Gasteiger partial charge on any atom is -0.548 e. The molecule has 14 heteroatoms. The van der Waals surface area contributed by atoms with Gasteiger partial charge in [0.15, 0.2) is 17.3 Å². The van der Waals surface area contributed by atoms with Crippen molar-refractivity contribution in [3.63, 3.8) is 0 Å². The number of hydrogen-bond donors (Lipinski definition) is 5. The predicted octanol–water partition coefficient (Wildman–Crippen LogP) is -4.83. The number of carboxylic acids is 2. The summed E-state index contributed by atoms with van der Waals surface area (Å²) in [7, 11) is 1.30. The molecule has 13 nitrogen and oxygen atoms in total. The lowest BCUT2D eigenvalue weighted by Crippen LogP contribution is -2.68. The zero-order valence-corrected chi connectivity index (χ0v) is 19.1. The second kappa shape index (κ2) is 14.0. The SMILES string of the molecule is COc1cc(C(=O)[C@@H](CO)SC[C@H](NC(=O)CC[C@H]([NH3+])C(=O)[O-])C(=O)NCC(=O)[O-])ccc1O. The van der Waals surface area contributed by atoms with Crippen LogP contribution in [0, 0.1) is 0 Å². The number of ketones is 1. The number of amides is 2. The first-order valence-electron chi connectivity index (χ1n) is 9.94. The first-order valence-corrected chi connectivity index (χ1v) is 11.0. The number of carbonyl (C=O) groups excluding carboxylic acids is 5. The average molecular weight is 501 g/mol. The van der Waals surface area contributed by atoms with Gasteiger partial charge in [-0.2, -0.15) is 0 Å². The van der Waals surface area contributed by atoms with E-state index in [4.69, 9.17) is 4.74 Å². The number of rotatable bonds is 15. The van der Waals surface area contributed by atoms with Crippen LogP contribution in [0.5, 0.6) is 11.5 Å². The Labute approximate surface area is 198 Å². The van der Waals surface area contributed by atoms with Crippen LogP contribution in [-0.4, -0.2) is 83.1 Å². The van der Waals surface area contributed by atoms with Crippen molar-refractivity contribution in [3.05, 3.63) is 23.8 Å². The summed E-state index contributed by atoms with van der Waals surface area (Å²) in [4.78, 5) is 58.6. The summed E-state index contributed by atoms with van der Waals surface area (Å²) in [5, 5.41) is 44.1. The first kappa shape index (κ1) is 28.7. The van der Waals surface area contributed by atoms with E-state index in [-0.39, 0.29) is 35.7 Å². The Kier molecular flexibility index (Phi) is 11.8. The molecule has 7 N–H and O–H groups in total. The second-order valence-corrected chi connectivity index (χ2v) is 8.26. The van der Waals surface area contributed by atoms with Crippen LogP contribution in [0.25, 0.3) is 0 Å². The molecule has 0 radical (unpaired) electrons. The monoisotopic (exact) mass is 500 g/mol. The maximum absolute atomic E-state index is 12.8. The fourth-order valence-corrected chi connectivity index (χ4v) is 3.65. The molecule has 0 saturated heterocycles. The molecule has 3 atom stereocenters. The highest BCUT2D eigenvalue weighted by atomic mass is 32.2. The Balaban J connectivity index is 2.89. The molecule has 0 aliphatic rings. The van der Waals surface area contributed by atoms with E-state index in [0.29, 0.717) is 0 Å². The Bertz CT molecular complexity index is 911. The van der Waals surface area contributed by atoms with E-state index >= 15 is 0 Å².